The number of fused-ring (bicyclic) bond motifs is 1. The highest BCUT2D eigenvalue weighted by Crippen LogP contribution is 2.36. The standard InChI is InChI=1S/C17H13BrN2O4S/c1-2-24-14-8-10(7-12(18)17(14)21)3-6-16-19-13-5-4-11(20(22)23)9-15(13)25-16/h3-9,21H,2H2,1H3/b6-3+. The second-order valence-electron chi connectivity index (χ2n) is 5.08. The van der Waals surface area contributed by atoms with Crippen LogP contribution < -0.4 is 4.74 Å². The first kappa shape index (κ1) is 17.4. The van der Waals surface area contributed by atoms with E-state index < -0.39 is 4.92 Å². The van der Waals surface area contributed by atoms with E-state index in [4.69, 9.17) is 4.74 Å². The molecule has 1 N–H and O–H groups in total. The number of hydrogen-bond donors (Lipinski definition) is 1. The highest BCUT2D eigenvalue weighted by molar-refractivity contribution is 9.10. The van der Waals surface area contributed by atoms with Gasteiger partial charge < -0.3 is 9.84 Å². The Hall–Kier alpha value is -2.45. The lowest BCUT2D eigenvalue weighted by Gasteiger charge is -2.08. The van der Waals surface area contributed by atoms with Crippen molar-refractivity contribution in [1.82, 2.24) is 4.98 Å². The van der Waals surface area contributed by atoms with Crippen molar-refractivity contribution < 1.29 is 14.8 Å². The lowest BCUT2D eigenvalue weighted by atomic mass is 10.2. The van der Waals surface area contributed by atoms with Gasteiger partial charge >= 0.3 is 0 Å². The van der Waals surface area contributed by atoms with E-state index in [0.29, 0.717) is 16.8 Å². The zero-order valence-electron chi connectivity index (χ0n) is 13.1. The lowest BCUT2D eigenvalue weighted by Crippen LogP contribution is -1.92. The molecule has 6 nitrogen and oxygen atoms in total. The number of halogens is 1. The van der Waals surface area contributed by atoms with Gasteiger partial charge in [0.2, 0.25) is 0 Å². The predicted octanol–water partition coefficient (Wildman–Crippen LogP) is 5.24. The number of nitro benzene ring substituents is 1. The SMILES string of the molecule is CCOc1cc(/C=C/c2nc3ccc([N+](=O)[O-])cc3s2)cc(Br)c1O. The van der Waals surface area contributed by atoms with Gasteiger partial charge in [0.25, 0.3) is 5.69 Å². The van der Waals surface area contributed by atoms with Crippen molar-refractivity contribution in [1.29, 1.82) is 0 Å². The van der Waals surface area contributed by atoms with Crippen LogP contribution in [-0.4, -0.2) is 21.6 Å². The largest absolute Gasteiger partial charge is 0.503 e. The van der Waals surface area contributed by atoms with Gasteiger partial charge in [-0.3, -0.25) is 10.1 Å². The summed E-state index contributed by atoms with van der Waals surface area (Å²) in [6.45, 7) is 2.29. The molecule has 3 rings (SSSR count). The van der Waals surface area contributed by atoms with Crippen LogP contribution in [0.5, 0.6) is 11.5 Å². The minimum absolute atomic E-state index is 0.0514. The Labute approximate surface area is 155 Å². The fourth-order valence-electron chi connectivity index (χ4n) is 2.24. The second-order valence-corrected chi connectivity index (χ2v) is 6.99. The maximum absolute atomic E-state index is 10.8. The minimum atomic E-state index is -0.419. The van der Waals surface area contributed by atoms with E-state index >= 15 is 0 Å². The van der Waals surface area contributed by atoms with Crippen molar-refractivity contribution in [3.05, 3.63) is 55.5 Å². The number of thiazole rings is 1. The van der Waals surface area contributed by atoms with Crippen molar-refractivity contribution in [3.63, 3.8) is 0 Å². The molecule has 0 amide bonds. The van der Waals surface area contributed by atoms with Crippen LogP contribution in [0.15, 0.2) is 34.8 Å². The van der Waals surface area contributed by atoms with Crippen LogP contribution in [0.3, 0.4) is 0 Å². The van der Waals surface area contributed by atoms with Gasteiger partial charge in [0.05, 0.1) is 26.2 Å². The van der Waals surface area contributed by atoms with Gasteiger partial charge in [0.15, 0.2) is 11.5 Å². The van der Waals surface area contributed by atoms with Gasteiger partial charge in [0, 0.05) is 12.1 Å². The summed E-state index contributed by atoms with van der Waals surface area (Å²) >= 11 is 4.68. The molecular formula is C17H13BrN2O4S. The highest BCUT2D eigenvalue weighted by atomic mass is 79.9. The molecule has 0 atom stereocenters. The van der Waals surface area contributed by atoms with Crippen molar-refractivity contribution in [2.45, 2.75) is 6.92 Å². The summed E-state index contributed by atoms with van der Waals surface area (Å²) in [7, 11) is 0. The van der Waals surface area contributed by atoms with Crippen molar-refractivity contribution in [2.24, 2.45) is 0 Å². The van der Waals surface area contributed by atoms with Crippen LogP contribution in [0.1, 0.15) is 17.5 Å². The molecule has 0 aliphatic carbocycles. The molecule has 25 heavy (non-hydrogen) atoms. The van der Waals surface area contributed by atoms with Crippen LogP contribution in [0.25, 0.3) is 22.4 Å². The Morgan fingerprint density at radius 3 is 2.88 bits per heavy atom. The molecular weight excluding hydrogens is 408 g/mol. The molecule has 0 bridgehead atoms. The summed E-state index contributed by atoms with van der Waals surface area (Å²) in [5.74, 6) is 0.461. The Balaban J connectivity index is 1.91. The molecule has 0 saturated carbocycles. The normalized spacial score (nSPS) is 11.3. The molecule has 8 heteroatoms. The Kier molecular flexibility index (Phi) is 5.00. The third-order valence-electron chi connectivity index (χ3n) is 3.37. The van der Waals surface area contributed by atoms with Crippen LogP contribution in [-0.2, 0) is 0 Å². The van der Waals surface area contributed by atoms with E-state index in [2.05, 4.69) is 20.9 Å². The average molecular weight is 421 g/mol. The van der Waals surface area contributed by atoms with Gasteiger partial charge in [-0.2, -0.15) is 0 Å². The number of phenols is 1. The summed E-state index contributed by atoms with van der Waals surface area (Å²) in [6, 6.07) is 8.12. The van der Waals surface area contributed by atoms with Crippen LogP contribution >= 0.6 is 27.3 Å². The fraction of sp³-hybridized carbons (Fsp3) is 0.118. The number of benzene rings is 2. The van der Waals surface area contributed by atoms with Crippen molar-refractivity contribution in [3.8, 4) is 11.5 Å². The molecule has 1 aromatic heterocycles. The summed E-state index contributed by atoms with van der Waals surface area (Å²) in [6.07, 6.45) is 3.67. The van der Waals surface area contributed by atoms with E-state index in [0.717, 1.165) is 20.8 Å². The van der Waals surface area contributed by atoms with Gasteiger partial charge in [-0.15, -0.1) is 11.3 Å². The minimum Gasteiger partial charge on any atom is -0.503 e. The van der Waals surface area contributed by atoms with Crippen LogP contribution in [0.2, 0.25) is 0 Å². The molecule has 0 radical (unpaired) electrons. The smallest absolute Gasteiger partial charge is 0.270 e. The summed E-state index contributed by atoms with van der Waals surface area (Å²) < 4.78 is 6.70. The second kappa shape index (κ2) is 7.20. The molecule has 0 saturated heterocycles. The first-order chi connectivity index (χ1) is 12.0. The topological polar surface area (TPSA) is 85.5 Å². The first-order valence-corrected chi connectivity index (χ1v) is 8.97. The maximum atomic E-state index is 10.8. The molecule has 0 spiro atoms. The van der Waals surface area contributed by atoms with E-state index in [1.807, 2.05) is 19.1 Å². The van der Waals surface area contributed by atoms with E-state index in [1.165, 1.54) is 23.5 Å². The third-order valence-corrected chi connectivity index (χ3v) is 4.96. The first-order valence-electron chi connectivity index (χ1n) is 7.36. The molecule has 3 aromatic rings. The van der Waals surface area contributed by atoms with Crippen LogP contribution in [0.4, 0.5) is 5.69 Å². The number of nitro groups is 1. The van der Waals surface area contributed by atoms with E-state index in [9.17, 15) is 15.2 Å². The number of non-ortho nitro benzene ring substituents is 1. The van der Waals surface area contributed by atoms with Crippen molar-refractivity contribution in [2.75, 3.05) is 6.61 Å². The zero-order chi connectivity index (χ0) is 18.0. The summed E-state index contributed by atoms with van der Waals surface area (Å²) in [4.78, 5) is 14.9. The molecule has 0 fully saturated rings. The molecule has 1 heterocycles. The monoisotopic (exact) mass is 420 g/mol. The summed E-state index contributed by atoms with van der Waals surface area (Å²) in [5.41, 5.74) is 1.60. The number of aromatic nitrogens is 1. The Bertz CT molecular complexity index is 984. The van der Waals surface area contributed by atoms with E-state index in [-0.39, 0.29) is 11.4 Å². The number of hydrogen-bond acceptors (Lipinski definition) is 6. The van der Waals surface area contributed by atoms with Gasteiger partial charge in [-0.1, -0.05) is 6.08 Å². The molecule has 0 aliphatic heterocycles. The quantitative estimate of drug-likeness (QED) is 0.450. The van der Waals surface area contributed by atoms with Gasteiger partial charge in [-0.25, -0.2) is 4.98 Å². The molecule has 2 aromatic carbocycles. The van der Waals surface area contributed by atoms with Crippen molar-refractivity contribution >= 4 is 55.3 Å². The van der Waals surface area contributed by atoms with Crippen LogP contribution in [0, 0.1) is 10.1 Å². The predicted molar refractivity (Wildman–Crippen MR) is 102 cm³/mol. The number of nitrogens with zero attached hydrogens (tertiary/aromatic N) is 2. The third kappa shape index (κ3) is 3.80. The van der Waals surface area contributed by atoms with Gasteiger partial charge in [-0.05, 0) is 52.7 Å². The number of ether oxygens (including phenoxy) is 1. The Morgan fingerprint density at radius 2 is 2.16 bits per heavy atom. The fourth-order valence-corrected chi connectivity index (χ4v) is 3.60. The lowest BCUT2D eigenvalue weighted by molar-refractivity contribution is -0.384. The average Bonchev–Trinajstić information content (AvgIpc) is 2.99. The van der Waals surface area contributed by atoms with Gasteiger partial charge in [0.1, 0.15) is 5.01 Å². The number of phenolic OH excluding ortho intramolecular Hbond substituents is 1. The van der Waals surface area contributed by atoms with E-state index in [1.54, 1.807) is 18.2 Å². The molecule has 0 aliphatic rings. The zero-order valence-corrected chi connectivity index (χ0v) is 15.5. The molecule has 128 valence electrons. The summed E-state index contributed by atoms with van der Waals surface area (Å²) in [5, 5.41) is 21.5. The number of aromatic hydroxyl groups is 1. The number of rotatable bonds is 5. The maximum Gasteiger partial charge on any atom is 0.270 e. The molecule has 0 unspecified atom stereocenters. The highest BCUT2D eigenvalue weighted by Gasteiger charge is 2.10. The Morgan fingerprint density at radius 1 is 1.36 bits per heavy atom.